The van der Waals surface area contributed by atoms with Crippen LogP contribution in [0.15, 0.2) is 30.3 Å². The first-order valence-corrected chi connectivity index (χ1v) is 10.3. The highest BCUT2D eigenvalue weighted by Crippen LogP contribution is 2.40. The summed E-state index contributed by atoms with van der Waals surface area (Å²) in [7, 11) is 1.61. The van der Waals surface area contributed by atoms with E-state index < -0.39 is 0 Å². The minimum absolute atomic E-state index is 0.270. The number of fused-ring (bicyclic) bond motifs is 1. The van der Waals surface area contributed by atoms with Crippen LogP contribution >= 0.6 is 11.3 Å². The van der Waals surface area contributed by atoms with Crippen molar-refractivity contribution in [3.05, 3.63) is 51.9 Å². The molecule has 1 aliphatic rings. The molecule has 0 aliphatic heterocycles. The Bertz CT molecular complexity index is 883. The van der Waals surface area contributed by atoms with Crippen molar-refractivity contribution in [1.82, 2.24) is 0 Å². The van der Waals surface area contributed by atoms with Crippen molar-refractivity contribution in [1.29, 1.82) is 0 Å². The maximum atomic E-state index is 12.5. The third kappa shape index (κ3) is 4.62. The third-order valence-electron chi connectivity index (χ3n) is 4.77. The molecule has 1 heterocycles. The van der Waals surface area contributed by atoms with E-state index in [1.54, 1.807) is 20.1 Å². The van der Waals surface area contributed by atoms with Crippen LogP contribution < -0.4 is 10.1 Å². The molecule has 0 radical (unpaired) electrons. The van der Waals surface area contributed by atoms with Crippen molar-refractivity contribution >= 4 is 34.3 Å². The van der Waals surface area contributed by atoms with E-state index >= 15 is 0 Å². The molecule has 0 unspecified atom stereocenters. The number of thiophene rings is 1. The maximum absolute atomic E-state index is 12.5. The van der Waals surface area contributed by atoms with E-state index in [1.165, 1.54) is 22.3 Å². The largest absolute Gasteiger partial charge is 0.497 e. The van der Waals surface area contributed by atoms with Crippen LogP contribution in [0, 0.1) is 5.92 Å². The molecular weight excluding hydrogens is 374 g/mol. The van der Waals surface area contributed by atoms with Gasteiger partial charge in [0.2, 0.25) is 5.91 Å². The Morgan fingerprint density at radius 1 is 1.29 bits per heavy atom. The topological polar surface area (TPSA) is 64.6 Å². The molecule has 3 rings (SSSR count). The van der Waals surface area contributed by atoms with E-state index in [0.29, 0.717) is 23.1 Å². The second-order valence-electron chi connectivity index (χ2n) is 6.87. The van der Waals surface area contributed by atoms with E-state index in [-0.39, 0.29) is 11.9 Å². The molecule has 6 heteroatoms. The van der Waals surface area contributed by atoms with Crippen LogP contribution in [0.25, 0.3) is 6.08 Å². The molecule has 1 aromatic heterocycles. The molecular formula is C22H25NO4S. The van der Waals surface area contributed by atoms with Crippen LogP contribution in [-0.4, -0.2) is 25.6 Å². The van der Waals surface area contributed by atoms with Gasteiger partial charge in [-0.3, -0.25) is 4.79 Å². The fraction of sp³-hybridized carbons (Fsp3) is 0.364. The molecule has 5 nitrogen and oxygen atoms in total. The number of benzene rings is 1. The van der Waals surface area contributed by atoms with Crippen molar-refractivity contribution < 1.29 is 19.1 Å². The first-order chi connectivity index (χ1) is 13.5. The molecule has 0 spiro atoms. The van der Waals surface area contributed by atoms with Gasteiger partial charge in [-0.2, -0.15) is 0 Å². The smallest absolute Gasteiger partial charge is 0.341 e. The third-order valence-corrected chi connectivity index (χ3v) is 5.94. The number of anilines is 1. The van der Waals surface area contributed by atoms with Crippen LogP contribution in [0.5, 0.6) is 5.75 Å². The lowest BCUT2D eigenvalue weighted by Crippen LogP contribution is -2.15. The Kier molecular flexibility index (Phi) is 6.52. The molecule has 1 aliphatic carbocycles. The zero-order valence-electron chi connectivity index (χ0n) is 16.4. The van der Waals surface area contributed by atoms with Gasteiger partial charge in [-0.05, 0) is 61.4 Å². The molecule has 2 aromatic rings. The van der Waals surface area contributed by atoms with Crippen LogP contribution in [-0.2, 0) is 22.4 Å². The Hall–Kier alpha value is -2.60. The quantitative estimate of drug-likeness (QED) is 0.564. The fourth-order valence-electron chi connectivity index (χ4n) is 3.30. The highest BCUT2D eigenvalue weighted by atomic mass is 32.1. The second kappa shape index (κ2) is 9.06. The number of rotatable bonds is 6. The number of carbonyl (C=O) groups excluding carboxylic acids is 2. The molecule has 0 fully saturated rings. The summed E-state index contributed by atoms with van der Waals surface area (Å²) in [6.45, 7) is 4.31. The molecule has 1 aromatic carbocycles. The van der Waals surface area contributed by atoms with Gasteiger partial charge in [0.25, 0.3) is 0 Å². The van der Waals surface area contributed by atoms with Gasteiger partial charge in [0.1, 0.15) is 10.8 Å². The summed E-state index contributed by atoms with van der Waals surface area (Å²) in [5.41, 5.74) is 2.46. The minimum Gasteiger partial charge on any atom is -0.497 e. The number of methoxy groups -OCH3 is 1. The van der Waals surface area contributed by atoms with E-state index in [0.717, 1.165) is 36.1 Å². The van der Waals surface area contributed by atoms with Gasteiger partial charge < -0.3 is 14.8 Å². The highest BCUT2D eigenvalue weighted by Gasteiger charge is 2.28. The first-order valence-electron chi connectivity index (χ1n) is 9.46. The average molecular weight is 400 g/mol. The van der Waals surface area contributed by atoms with E-state index in [2.05, 4.69) is 12.2 Å². The van der Waals surface area contributed by atoms with Crippen LogP contribution in [0.2, 0.25) is 0 Å². The number of carbonyl (C=O) groups is 2. The van der Waals surface area contributed by atoms with Gasteiger partial charge in [0, 0.05) is 11.0 Å². The zero-order valence-corrected chi connectivity index (χ0v) is 17.2. The van der Waals surface area contributed by atoms with Crippen molar-refractivity contribution in [2.45, 2.75) is 33.1 Å². The van der Waals surface area contributed by atoms with E-state index in [1.807, 2.05) is 24.3 Å². The van der Waals surface area contributed by atoms with Gasteiger partial charge in [-0.25, -0.2) is 4.79 Å². The van der Waals surface area contributed by atoms with Crippen molar-refractivity contribution in [2.24, 2.45) is 5.92 Å². The molecule has 1 N–H and O–H groups in total. The monoisotopic (exact) mass is 399 g/mol. The van der Waals surface area contributed by atoms with Gasteiger partial charge in [-0.15, -0.1) is 11.3 Å². The minimum atomic E-state index is -0.357. The number of nitrogens with one attached hydrogen (secondary N) is 1. The number of ether oxygens (including phenoxy) is 2. The molecule has 148 valence electrons. The Morgan fingerprint density at radius 3 is 2.71 bits per heavy atom. The van der Waals surface area contributed by atoms with Gasteiger partial charge in [-0.1, -0.05) is 19.1 Å². The van der Waals surface area contributed by atoms with Crippen LogP contribution in [0.3, 0.4) is 0 Å². The van der Waals surface area contributed by atoms with Gasteiger partial charge >= 0.3 is 5.97 Å². The van der Waals surface area contributed by atoms with Crippen LogP contribution in [0.4, 0.5) is 5.00 Å². The van der Waals surface area contributed by atoms with Crippen molar-refractivity contribution in [3.8, 4) is 5.75 Å². The summed E-state index contributed by atoms with van der Waals surface area (Å²) < 4.78 is 10.4. The van der Waals surface area contributed by atoms with E-state index in [9.17, 15) is 9.59 Å². The average Bonchev–Trinajstić information content (AvgIpc) is 3.03. The number of esters is 1. The highest BCUT2D eigenvalue weighted by molar-refractivity contribution is 7.17. The summed E-state index contributed by atoms with van der Waals surface area (Å²) in [6.07, 6.45) is 6.02. The molecule has 1 amide bonds. The lowest BCUT2D eigenvalue weighted by atomic mass is 9.88. The molecule has 0 saturated heterocycles. The van der Waals surface area contributed by atoms with Gasteiger partial charge in [0.15, 0.2) is 0 Å². The maximum Gasteiger partial charge on any atom is 0.341 e. The van der Waals surface area contributed by atoms with Gasteiger partial charge in [0.05, 0.1) is 19.3 Å². The Morgan fingerprint density at radius 2 is 2.04 bits per heavy atom. The zero-order chi connectivity index (χ0) is 20.1. The summed E-state index contributed by atoms with van der Waals surface area (Å²) >= 11 is 1.49. The lowest BCUT2D eigenvalue weighted by Gasteiger charge is -2.18. The predicted molar refractivity (Wildman–Crippen MR) is 112 cm³/mol. The normalized spacial score (nSPS) is 15.9. The van der Waals surface area contributed by atoms with Crippen molar-refractivity contribution in [2.75, 3.05) is 19.0 Å². The molecule has 0 bridgehead atoms. The summed E-state index contributed by atoms with van der Waals surface area (Å²) in [4.78, 5) is 26.1. The lowest BCUT2D eigenvalue weighted by molar-refractivity contribution is -0.111. The summed E-state index contributed by atoms with van der Waals surface area (Å²) in [6, 6.07) is 7.42. The van der Waals surface area contributed by atoms with E-state index in [4.69, 9.17) is 9.47 Å². The number of amides is 1. The molecule has 0 saturated carbocycles. The second-order valence-corrected chi connectivity index (χ2v) is 7.98. The SMILES string of the molecule is CCOC(=O)c1c(NC(=O)/C=C/c2ccc(OC)cc2)sc2c1CC[C@H](C)C2. The summed E-state index contributed by atoms with van der Waals surface area (Å²) in [5, 5.41) is 3.47. The van der Waals surface area contributed by atoms with Crippen LogP contribution in [0.1, 0.15) is 46.6 Å². The standard InChI is InChI=1S/C22H25NO4S/c1-4-27-22(25)20-17-11-5-14(2)13-18(17)28-21(20)23-19(24)12-8-15-6-9-16(26-3)10-7-15/h6-10,12,14H,4-5,11,13H2,1-3H3,(H,23,24)/b12-8+/t14-/m0/s1. The Balaban J connectivity index is 1.79. The molecule has 1 atom stereocenters. The fourth-order valence-corrected chi connectivity index (χ4v) is 4.70. The number of hydrogen-bond donors (Lipinski definition) is 1. The van der Waals surface area contributed by atoms with Crippen molar-refractivity contribution in [3.63, 3.8) is 0 Å². The Labute approximate surface area is 169 Å². The summed E-state index contributed by atoms with van der Waals surface area (Å²) in [5.74, 6) is 0.718. The molecule has 28 heavy (non-hydrogen) atoms. The number of hydrogen-bond acceptors (Lipinski definition) is 5. The first kappa shape index (κ1) is 20.1. The predicted octanol–water partition coefficient (Wildman–Crippen LogP) is 4.71.